The molecule has 4 nitrogen and oxygen atoms in total. The van der Waals surface area contributed by atoms with Gasteiger partial charge in [0.2, 0.25) is 0 Å². The van der Waals surface area contributed by atoms with Gasteiger partial charge in [-0.15, -0.1) is 0 Å². The number of carbonyl (C=O) groups excluding carboxylic acids is 1. The van der Waals surface area contributed by atoms with E-state index in [1.165, 1.54) is 0 Å². The maximum atomic E-state index is 12.5. The van der Waals surface area contributed by atoms with Crippen LogP contribution in [0.15, 0.2) is 18.2 Å². The third-order valence-electron chi connectivity index (χ3n) is 3.15. The van der Waals surface area contributed by atoms with E-state index < -0.39 is 0 Å². The number of benzene rings is 1. The van der Waals surface area contributed by atoms with Gasteiger partial charge in [0.15, 0.2) is 0 Å². The van der Waals surface area contributed by atoms with Gasteiger partial charge in [0.25, 0.3) is 5.91 Å². The van der Waals surface area contributed by atoms with Crippen molar-refractivity contribution >= 4 is 11.6 Å². The number of hydrogen-bond acceptors (Lipinski definition) is 3. The number of nitrogens with zero attached hydrogens (tertiary/aromatic N) is 1. The maximum absolute atomic E-state index is 12.5. The number of ether oxygens (including phenoxy) is 1. The van der Waals surface area contributed by atoms with Gasteiger partial charge in [0, 0.05) is 18.8 Å². The molecule has 1 fully saturated rings. The van der Waals surface area contributed by atoms with Gasteiger partial charge in [-0.2, -0.15) is 0 Å². The molecule has 1 aromatic carbocycles. The minimum Gasteiger partial charge on any atom is -0.398 e. The van der Waals surface area contributed by atoms with Gasteiger partial charge in [0.05, 0.1) is 17.8 Å². The highest BCUT2D eigenvalue weighted by molar-refractivity contribution is 5.99. The minimum atomic E-state index is -0.00167. The fourth-order valence-electron chi connectivity index (χ4n) is 2.37. The van der Waals surface area contributed by atoms with Crippen LogP contribution in [0.2, 0.25) is 0 Å². The van der Waals surface area contributed by atoms with Gasteiger partial charge < -0.3 is 15.4 Å². The van der Waals surface area contributed by atoms with E-state index in [0.29, 0.717) is 24.3 Å². The summed E-state index contributed by atoms with van der Waals surface area (Å²) >= 11 is 0. The molecule has 0 bridgehead atoms. The van der Waals surface area contributed by atoms with E-state index in [2.05, 4.69) is 0 Å². The molecule has 4 heteroatoms. The van der Waals surface area contributed by atoms with Crippen LogP contribution in [0.3, 0.4) is 0 Å². The zero-order valence-corrected chi connectivity index (χ0v) is 11.1. The Kier molecular flexibility index (Phi) is 3.57. The largest absolute Gasteiger partial charge is 0.398 e. The van der Waals surface area contributed by atoms with Crippen molar-refractivity contribution in [3.05, 3.63) is 29.3 Å². The first-order valence-electron chi connectivity index (χ1n) is 6.28. The molecular weight excluding hydrogens is 228 g/mol. The number of amides is 1. The number of carbonyl (C=O) groups is 1. The van der Waals surface area contributed by atoms with Crippen LogP contribution in [-0.4, -0.2) is 36.1 Å². The summed E-state index contributed by atoms with van der Waals surface area (Å²) in [5.41, 5.74) is 8.06. The first-order valence-corrected chi connectivity index (χ1v) is 6.28. The average molecular weight is 248 g/mol. The predicted molar refractivity (Wildman–Crippen MR) is 71.5 cm³/mol. The first kappa shape index (κ1) is 12.9. The summed E-state index contributed by atoms with van der Waals surface area (Å²) in [4.78, 5) is 14.3. The number of anilines is 1. The van der Waals surface area contributed by atoms with Gasteiger partial charge >= 0.3 is 0 Å². The van der Waals surface area contributed by atoms with E-state index >= 15 is 0 Å². The highest BCUT2D eigenvalue weighted by atomic mass is 16.5. The molecule has 1 aliphatic rings. The molecule has 0 aliphatic carbocycles. The lowest BCUT2D eigenvalue weighted by atomic mass is 10.1. The van der Waals surface area contributed by atoms with Crippen molar-refractivity contribution in [3.63, 3.8) is 0 Å². The summed E-state index contributed by atoms with van der Waals surface area (Å²) < 4.78 is 5.63. The lowest BCUT2D eigenvalue weighted by Gasteiger charge is -2.35. The van der Waals surface area contributed by atoms with E-state index in [9.17, 15) is 4.79 Å². The van der Waals surface area contributed by atoms with Crippen LogP contribution in [0.4, 0.5) is 5.69 Å². The van der Waals surface area contributed by atoms with Crippen molar-refractivity contribution in [2.45, 2.75) is 33.0 Å². The van der Waals surface area contributed by atoms with Crippen LogP contribution in [0.25, 0.3) is 0 Å². The zero-order chi connectivity index (χ0) is 13.3. The number of morpholine rings is 1. The second-order valence-electron chi connectivity index (χ2n) is 5.06. The third kappa shape index (κ3) is 2.64. The molecule has 2 rings (SSSR count). The van der Waals surface area contributed by atoms with Gasteiger partial charge in [-0.3, -0.25) is 4.79 Å². The minimum absolute atomic E-state index is 0.00167. The fourth-order valence-corrected chi connectivity index (χ4v) is 2.37. The third-order valence-corrected chi connectivity index (χ3v) is 3.15. The average Bonchev–Trinajstić information content (AvgIpc) is 2.30. The zero-order valence-electron chi connectivity index (χ0n) is 11.1. The van der Waals surface area contributed by atoms with Crippen LogP contribution in [0.5, 0.6) is 0 Å². The molecule has 18 heavy (non-hydrogen) atoms. The number of hydrogen-bond donors (Lipinski definition) is 1. The Bertz CT molecular complexity index is 449. The summed E-state index contributed by atoms with van der Waals surface area (Å²) in [6.07, 6.45) is 0.146. The fraction of sp³-hybridized carbons (Fsp3) is 0.500. The Morgan fingerprint density at radius 2 is 1.94 bits per heavy atom. The van der Waals surface area contributed by atoms with E-state index in [1.54, 1.807) is 6.07 Å². The molecule has 0 aromatic heterocycles. The van der Waals surface area contributed by atoms with Crippen molar-refractivity contribution in [2.24, 2.45) is 0 Å². The number of nitrogen functional groups attached to an aromatic ring is 1. The van der Waals surface area contributed by atoms with Crippen LogP contribution in [-0.2, 0) is 4.74 Å². The number of nitrogens with two attached hydrogens (primary N) is 1. The Hall–Kier alpha value is -1.55. The summed E-state index contributed by atoms with van der Waals surface area (Å²) in [6, 6.07) is 5.55. The topological polar surface area (TPSA) is 55.6 Å². The second-order valence-corrected chi connectivity index (χ2v) is 5.06. The van der Waals surface area contributed by atoms with E-state index in [0.717, 1.165) is 5.56 Å². The molecule has 2 N–H and O–H groups in total. The van der Waals surface area contributed by atoms with Crippen molar-refractivity contribution in [1.29, 1.82) is 0 Å². The lowest BCUT2D eigenvalue weighted by molar-refractivity contribution is -0.0585. The Morgan fingerprint density at radius 1 is 1.33 bits per heavy atom. The van der Waals surface area contributed by atoms with Crippen molar-refractivity contribution in [3.8, 4) is 0 Å². The molecule has 1 saturated heterocycles. The maximum Gasteiger partial charge on any atom is 0.256 e. The lowest BCUT2D eigenvalue weighted by Crippen LogP contribution is -2.48. The molecule has 2 unspecified atom stereocenters. The van der Waals surface area contributed by atoms with E-state index in [1.807, 2.05) is 37.8 Å². The molecule has 1 amide bonds. The molecule has 0 saturated carbocycles. The molecule has 1 heterocycles. The molecule has 0 spiro atoms. The van der Waals surface area contributed by atoms with Gasteiger partial charge in [-0.05, 0) is 32.9 Å². The van der Waals surface area contributed by atoms with Crippen LogP contribution in [0.1, 0.15) is 29.8 Å². The Balaban J connectivity index is 2.22. The summed E-state index contributed by atoms with van der Waals surface area (Å²) in [6.45, 7) is 7.17. The van der Waals surface area contributed by atoms with Crippen molar-refractivity contribution < 1.29 is 9.53 Å². The molecule has 98 valence electrons. The van der Waals surface area contributed by atoms with E-state index in [-0.39, 0.29) is 18.1 Å². The molecule has 1 aliphatic heterocycles. The van der Waals surface area contributed by atoms with Gasteiger partial charge in [-0.25, -0.2) is 0 Å². The molecule has 2 atom stereocenters. The number of rotatable bonds is 1. The Morgan fingerprint density at radius 3 is 2.56 bits per heavy atom. The monoisotopic (exact) mass is 248 g/mol. The molecular formula is C14H20N2O2. The standard InChI is InChI=1S/C14H20N2O2/c1-9-4-5-13(15)12(6-9)14(17)16-7-10(2)18-11(3)8-16/h4-6,10-11H,7-8,15H2,1-3H3. The summed E-state index contributed by atoms with van der Waals surface area (Å²) in [7, 11) is 0. The highest BCUT2D eigenvalue weighted by Gasteiger charge is 2.27. The van der Waals surface area contributed by atoms with Gasteiger partial charge in [-0.1, -0.05) is 11.6 Å². The van der Waals surface area contributed by atoms with Gasteiger partial charge in [0.1, 0.15) is 0 Å². The van der Waals surface area contributed by atoms with Crippen LogP contribution >= 0.6 is 0 Å². The van der Waals surface area contributed by atoms with E-state index in [4.69, 9.17) is 10.5 Å². The predicted octanol–water partition coefficient (Wildman–Crippen LogP) is 1.83. The van der Waals surface area contributed by atoms with Crippen molar-refractivity contribution in [2.75, 3.05) is 18.8 Å². The van der Waals surface area contributed by atoms with Crippen LogP contribution < -0.4 is 5.73 Å². The quantitative estimate of drug-likeness (QED) is 0.771. The highest BCUT2D eigenvalue weighted by Crippen LogP contribution is 2.19. The first-order chi connectivity index (χ1) is 8.47. The molecule has 1 aromatic rings. The summed E-state index contributed by atoms with van der Waals surface area (Å²) in [5.74, 6) is -0.00167. The normalized spacial score (nSPS) is 24.1. The molecule has 0 radical (unpaired) electrons. The summed E-state index contributed by atoms with van der Waals surface area (Å²) in [5, 5.41) is 0. The smallest absolute Gasteiger partial charge is 0.256 e. The van der Waals surface area contributed by atoms with Crippen molar-refractivity contribution in [1.82, 2.24) is 4.90 Å². The number of aryl methyl sites for hydroxylation is 1. The van der Waals surface area contributed by atoms with Crippen LogP contribution in [0, 0.1) is 6.92 Å². The SMILES string of the molecule is Cc1ccc(N)c(C(=O)N2CC(C)OC(C)C2)c1. The second kappa shape index (κ2) is 4.98. The Labute approximate surface area is 108 Å².